The number of amides is 2. The third-order valence-corrected chi connectivity index (χ3v) is 8.54. The second-order valence-electron chi connectivity index (χ2n) is 12.0. The van der Waals surface area contributed by atoms with Crippen molar-refractivity contribution in [1.82, 2.24) is 10.3 Å². The maximum absolute atomic E-state index is 14.5. The van der Waals surface area contributed by atoms with Gasteiger partial charge in [-0.3, -0.25) is 14.4 Å². The number of carbonyl (C=O) groups is 4. The van der Waals surface area contributed by atoms with Crippen molar-refractivity contribution >= 4 is 53.6 Å². The highest BCUT2D eigenvalue weighted by atomic mass is 35.5. The Morgan fingerprint density at radius 2 is 1.57 bits per heavy atom. The van der Waals surface area contributed by atoms with Crippen molar-refractivity contribution in [2.75, 3.05) is 23.9 Å². The van der Waals surface area contributed by atoms with Crippen LogP contribution in [0, 0.1) is 0 Å². The lowest BCUT2D eigenvalue weighted by atomic mass is 9.95. The number of anilines is 1. The second-order valence-corrected chi connectivity index (χ2v) is 13.1. The number of hydrogen-bond donors (Lipinski definition) is 1. The summed E-state index contributed by atoms with van der Waals surface area (Å²) in [4.78, 5) is 55.6. The summed E-state index contributed by atoms with van der Waals surface area (Å²) in [5, 5.41) is 5.93. The fraction of sp³-hybridized carbons (Fsp3) is 0.389. The summed E-state index contributed by atoms with van der Waals surface area (Å²) in [6.45, 7) is 9.03. The summed E-state index contributed by atoms with van der Waals surface area (Å²) in [6.07, 6.45) is 0.542. The summed E-state index contributed by atoms with van der Waals surface area (Å²) < 4.78 is 11.2. The molecule has 47 heavy (non-hydrogen) atoms. The van der Waals surface area contributed by atoms with Crippen LogP contribution in [0.5, 0.6) is 0 Å². The molecule has 0 radical (unpaired) electrons. The van der Waals surface area contributed by atoms with Gasteiger partial charge in [-0.1, -0.05) is 72.8 Å². The summed E-state index contributed by atoms with van der Waals surface area (Å²) >= 11 is 1.49. The molecule has 0 spiro atoms. The molecule has 3 atom stereocenters. The minimum Gasteiger partial charge on any atom is -0.466 e. The number of carbonyl (C=O) groups excluding carboxylic acids is 4. The number of nitrogens with one attached hydrogen (secondary N) is 1. The van der Waals surface area contributed by atoms with Gasteiger partial charge in [0.15, 0.2) is 6.04 Å². The number of fused-ring (bicyclic) bond motifs is 1. The van der Waals surface area contributed by atoms with Crippen LogP contribution < -0.4 is 10.3 Å². The molecule has 0 fully saturated rings. The summed E-state index contributed by atoms with van der Waals surface area (Å²) in [5.74, 6) is -1.93. The largest absolute Gasteiger partial charge is 0.466 e. The quantitative estimate of drug-likeness (QED) is 0.234. The van der Waals surface area contributed by atoms with Crippen LogP contribution >= 0.6 is 24.2 Å². The lowest BCUT2D eigenvalue weighted by molar-refractivity contribution is -0.165. The second kappa shape index (κ2) is 17.3. The first-order chi connectivity index (χ1) is 22.0. The van der Waals surface area contributed by atoms with E-state index in [9.17, 15) is 19.2 Å². The molecule has 3 aromatic rings. The summed E-state index contributed by atoms with van der Waals surface area (Å²) in [7, 11) is 0. The number of thioether (sulfide) groups is 1. The number of para-hydroxylation sites is 1. The lowest BCUT2D eigenvalue weighted by Gasteiger charge is -2.40. The molecule has 1 heterocycles. The fourth-order valence-corrected chi connectivity index (χ4v) is 6.44. The number of rotatable bonds is 12. The van der Waals surface area contributed by atoms with Crippen LogP contribution in [0.2, 0.25) is 0 Å². The van der Waals surface area contributed by atoms with Crippen molar-refractivity contribution in [1.29, 1.82) is 0 Å². The van der Waals surface area contributed by atoms with Gasteiger partial charge in [-0.25, -0.2) is 14.8 Å². The van der Waals surface area contributed by atoms with E-state index in [4.69, 9.17) is 9.47 Å². The van der Waals surface area contributed by atoms with Gasteiger partial charge >= 0.3 is 11.9 Å². The van der Waals surface area contributed by atoms with E-state index in [1.165, 1.54) is 28.7 Å². The molecule has 11 heteroatoms. The van der Waals surface area contributed by atoms with Gasteiger partial charge in [-0.2, -0.15) is 0 Å². The standard InChI is InChI=1S/C36H43N3O6S.ClH/c1-6-44-34(42)28(27-17-11-8-12-18-27)21-22-37-29-24-46-32-20-14-13-19-30(32)39(33(29)41)38(25(2)40)31(35(43)45-36(3,4)5)23-26-15-9-7-10-16-26;/h7-20,28-29,31,37H,6,21-24H2,1-5H3;1H/t28-,29-,31-;/m0./s1. The molecule has 0 saturated carbocycles. The average Bonchev–Trinajstić information content (AvgIpc) is 3.15. The van der Waals surface area contributed by atoms with E-state index in [1.54, 1.807) is 39.8 Å². The molecule has 1 N–H and O–H groups in total. The molecule has 0 aromatic heterocycles. The zero-order valence-electron chi connectivity index (χ0n) is 27.5. The van der Waals surface area contributed by atoms with Gasteiger partial charge in [0.25, 0.3) is 5.91 Å². The first-order valence-electron chi connectivity index (χ1n) is 15.6. The third-order valence-electron chi connectivity index (χ3n) is 7.39. The van der Waals surface area contributed by atoms with Crippen LogP contribution in [0.15, 0.2) is 89.8 Å². The molecule has 2 amide bonds. The number of benzene rings is 3. The van der Waals surface area contributed by atoms with Gasteiger partial charge in [0, 0.05) is 24.0 Å². The molecule has 252 valence electrons. The van der Waals surface area contributed by atoms with Crippen LogP contribution in [-0.2, 0) is 35.1 Å². The SMILES string of the molecule is CCOC(=O)[C@@H](CCN[C@H]1CSc2ccccc2N(N(C(C)=O)[C@@H](Cc2ccccc2)C(=O)OC(C)(C)C)C1=O)c1ccccc1.Cl. The van der Waals surface area contributed by atoms with Gasteiger partial charge in [0.2, 0.25) is 5.91 Å². The number of hydrogen-bond acceptors (Lipinski definition) is 8. The van der Waals surface area contributed by atoms with Gasteiger partial charge < -0.3 is 14.8 Å². The predicted octanol–water partition coefficient (Wildman–Crippen LogP) is 5.96. The molecular formula is C36H44ClN3O6S. The maximum atomic E-state index is 14.5. The summed E-state index contributed by atoms with van der Waals surface area (Å²) in [5.41, 5.74) is 1.34. The highest BCUT2D eigenvalue weighted by Crippen LogP contribution is 2.36. The van der Waals surface area contributed by atoms with Crippen molar-refractivity contribution in [3.05, 3.63) is 96.1 Å². The highest BCUT2D eigenvalue weighted by Gasteiger charge is 2.42. The van der Waals surface area contributed by atoms with Crippen molar-refractivity contribution in [3.63, 3.8) is 0 Å². The Morgan fingerprint density at radius 1 is 0.957 bits per heavy atom. The van der Waals surface area contributed by atoms with E-state index in [-0.39, 0.29) is 37.3 Å². The van der Waals surface area contributed by atoms with Gasteiger partial charge in [-0.05, 0) is 63.9 Å². The minimum absolute atomic E-state index is 0. The molecule has 1 aliphatic heterocycles. The highest BCUT2D eigenvalue weighted by molar-refractivity contribution is 7.99. The van der Waals surface area contributed by atoms with Crippen LogP contribution in [0.4, 0.5) is 5.69 Å². The zero-order chi connectivity index (χ0) is 33.3. The van der Waals surface area contributed by atoms with Gasteiger partial charge in [0.1, 0.15) is 5.60 Å². The molecule has 3 aromatic carbocycles. The molecule has 9 nitrogen and oxygen atoms in total. The zero-order valence-corrected chi connectivity index (χ0v) is 29.1. The molecule has 0 bridgehead atoms. The predicted molar refractivity (Wildman–Crippen MR) is 186 cm³/mol. The van der Waals surface area contributed by atoms with Gasteiger partial charge in [-0.15, -0.1) is 24.2 Å². The number of nitrogens with zero attached hydrogens (tertiary/aromatic N) is 2. The molecular weight excluding hydrogens is 638 g/mol. The maximum Gasteiger partial charge on any atom is 0.331 e. The Morgan fingerprint density at radius 3 is 2.19 bits per heavy atom. The normalized spacial score (nSPS) is 15.7. The Labute approximate surface area is 287 Å². The van der Waals surface area contributed by atoms with E-state index in [0.29, 0.717) is 24.4 Å². The minimum atomic E-state index is -1.12. The van der Waals surface area contributed by atoms with E-state index < -0.39 is 35.5 Å². The van der Waals surface area contributed by atoms with Crippen molar-refractivity contribution < 1.29 is 28.7 Å². The van der Waals surface area contributed by atoms with Gasteiger partial charge in [0.05, 0.1) is 24.3 Å². The monoisotopic (exact) mass is 681 g/mol. The molecule has 4 rings (SSSR count). The number of esters is 2. The average molecular weight is 682 g/mol. The molecule has 0 saturated heterocycles. The van der Waals surface area contributed by atoms with Crippen LogP contribution in [0.3, 0.4) is 0 Å². The molecule has 0 unspecified atom stereocenters. The number of halogens is 1. The summed E-state index contributed by atoms with van der Waals surface area (Å²) in [6, 6.07) is 24.3. The Hall–Kier alpha value is -3.86. The van der Waals surface area contributed by atoms with Crippen LogP contribution in [0.1, 0.15) is 58.1 Å². The van der Waals surface area contributed by atoms with Crippen molar-refractivity contribution in [2.24, 2.45) is 0 Å². The van der Waals surface area contributed by atoms with Crippen LogP contribution in [-0.4, -0.2) is 65.4 Å². The third kappa shape index (κ3) is 10.1. The first-order valence-corrected chi connectivity index (χ1v) is 16.6. The Balaban J connectivity index is 0.00000600. The number of ether oxygens (including phenoxy) is 2. The van der Waals surface area contributed by atoms with E-state index in [0.717, 1.165) is 16.0 Å². The fourth-order valence-electron chi connectivity index (χ4n) is 5.36. The topological polar surface area (TPSA) is 105 Å². The van der Waals surface area contributed by atoms with E-state index in [2.05, 4.69) is 5.32 Å². The van der Waals surface area contributed by atoms with E-state index in [1.807, 2.05) is 72.8 Å². The Kier molecular flexibility index (Phi) is 13.9. The Bertz CT molecular complexity index is 1500. The smallest absolute Gasteiger partial charge is 0.331 e. The van der Waals surface area contributed by atoms with E-state index >= 15 is 0 Å². The lowest BCUT2D eigenvalue weighted by Crippen LogP contribution is -2.62. The molecule has 1 aliphatic rings. The van der Waals surface area contributed by atoms with Crippen LogP contribution in [0.25, 0.3) is 0 Å². The van der Waals surface area contributed by atoms with Crippen molar-refractivity contribution in [2.45, 2.75) is 76.0 Å². The number of hydrazine groups is 1. The molecule has 0 aliphatic carbocycles. The first kappa shape index (κ1) is 37.6. The van der Waals surface area contributed by atoms with Crippen molar-refractivity contribution in [3.8, 4) is 0 Å².